The van der Waals surface area contributed by atoms with Gasteiger partial charge < -0.3 is 28.8 Å². The number of epoxide rings is 1. The minimum Gasteiger partial charge on any atom is -0.492 e. The minimum absolute atomic E-state index is 0.0210. The molecule has 0 radical (unpaired) electrons. The maximum absolute atomic E-state index is 11.8. The van der Waals surface area contributed by atoms with Gasteiger partial charge in [-0.1, -0.05) is 97.1 Å². The fourth-order valence-corrected chi connectivity index (χ4v) is 8.85. The molecule has 0 aromatic heterocycles. The van der Waals surface area contributed by atoms with Gasteiger partial charge in [0, 0.05) is 22.3 Å². The summed E-state index contributed by atoms with van der Waals surface area (Å²) >= 11 is 0. The molecule has 2 atom stereocenters. The Morgan fingerprint density at radius 2 is 0.800 bits per heavy atom. The summed E-state index contributed by atoms with van der Waals surface area (Å²) in [6.45, 7) is 10.3. The van der Waals surface area contributed by atoms with Crippen LogP contribution < -0.4 is 18.9 Å². The van der Waals surface area contributed by atoms with Crippen LogP contribution in [0.4, 0.5) is 0 Å². The van der Waals surface area contributed by atoms with E-state index >= 15 is 0 Å². The summed E-state index contributed by atoms with van der Waals surface area (Å²) in [7, 11) is 0. The lowest BCUT2D eigenvalue weighted by atomic mass is 9.89. The summed E-state index contributed by atoms with van der Waals surface area (Å²) in [4.78, 5) is 0. The highest BCUT2D eigenvalue weighted by Crippen LogP contribution is 2.50. The van der Waals surface area contributed by atoms with Crippen molar-refractivity contribution in [1.29, 1.82) is 0 Å². The number of aliphatic hydroxyl groups is 1. The fourth-order valence-electron chi connectivity index (χ4n) is 8.85. The van der Waals surface area contributed by atoms with E-state index in [1.807, 2.05) is 0 Å². The van der Waals surface area contributed by atoms with Crippen molar-refractivity contribution in [3.05, 3.63) is 144 Å². The second kappa shape index (κ2) is 15.8. The third-order valence-corrected chi connectivity index (χ3v) is 12.1. The first-order valence-corrected chi connectivity index (χ1v) is 21.2. The van der Waals surface area contributed by atoms with Gasteiger partial charge in [-0.25, -0.2) is 0 Å². The summed E-state index contributed by atoms with van der Waals surface area (Å²) in [5.41, 5.74) is 8.02. The molecule has 60 heavy (non-hydrogen) atoms. The normalized spacial score (nSPS) is 15.4. The van der Waals surface area contributed by atoms with Crippen molar-refractivity contribution in [2.75, 3.05) is 33.0 Å². The van der Waals surface area contributed by atoms with Crippen LogP contribution in [0.2, 0.25) is 0 Å². The number of aryl methyl sites for hydroxylation is 4. The number of benzene rings is 8. The lowest BCUT2D eigenvalue weighted by Gasteiger charge is -2.24. The van der Waals surface area contributed by atoms with Crippen LogP contribution >= 0.6 is 0 Å². The quantitative estimate of drug-likeness (QED) is 0.111. The first-order valence-electron chi connectivity index (χ1n) is 21.2. The Hall–Kier alpha value is -6.08. The second-order valence-corrected chi connectivity index (χ2v) is 16.8. The Morgan fingerprint density at radius 3 is 1.13 bits per heavy atom. The highest BCUT2D eigenvalue weighted by molar-refractivity contribution is 6.12. The van der Waals surface area contributed by atoms with E-state index in [4.69, 9.17) is 23.7 Å². The van der Waals surface area contributed by atoms with E-state index in [0.29, 0.717) is 31.5 Å². The van der Waals surface area contributed by atoms with Crippen molar-refractivity contribution in [3.8, 4) is 45.3 Å². The molecule has 1 saturated carbocycles. The molecule has 0 amide bonds. The van der Waals surface area contributed by atoms with Crippen molar-refractivity contribution in [3.63, 3.8) is 0 Å². The Balaban J connectivity index is 1.03. The number of hydrogen-bond acceptors (Lipinski definition) is 6. The molecule has 8 aromatic rings. The van der Waals surface area contributed by atoms with Crippen molar-refractivity contribution in [2.24, 2.45) is 5.92 Å². The number of hydrogen-bond donors (Lipinski definition) is 1. The van der Waals surface area contributed by atoms with Gasteiger partial charge in [0.25, 0.3) is 0 Å². The lowest BCUT2D eigenvalue weighted by Crippen LogP contribution is -2.25. The van der Waals surface area contributed by atoms with E-state index in [9.17, 15) is 5.11 Å². The summed E-state index contributed by atoms with van der Waals surface area (Å²) in [5.74, 6) is 3.74. The van der Waals surface area contributed by atoms with Gasteiger partial charge >= 0.3 is 0 Å². The Labute approximate surface area is 351 Å². The van der Waals surface area contributed by atoms with Crippen molar-refractivity contribution < 1.29 is 28.8 Å². The largest absolute Gasteiger partial charge is 0.492 e. The molecule has 6 nitrogen and oxygen atoms in total. The first kappa shape index (κ1) is 38.1. The molecule has 1 aliphatic heterocycles. The zero-order valence-corrected chi connectivity index (χ0v) is 34.7. The summed E-state index contributed by atoms with van der Waals surface area (Å²) in [6.07, 6.45) is 1.56. The molecule has 302 valence electrons. The molecular formula is C54H50O6. The van der Waals surface area contributed by atoms with Crippen LogP contribution in [0.25, 0.3) is 65.3 Å². The Bertz CT molecular complexity index is 2720. The predicted octanol–water partition coefficient (Wildman–Crippen LogP) is 12.3. The zero-order valence-electron chi connectivity index (χ0n) is 34.7. The molecule has 2 fully saturated rings. The van der Waals surface area contributed by atoms with Crippen LogP contribution in [-0.4, -0.2) is 50.3 Å². The molecule has 0 spiro atoms. The molecule has 0 bridgehead atoms. The molecule has 1 aliphatic carbocycles. The van der Waals surface area contributed by atoms with Crippen molar-refractivity contribution in [1.82, 2.24) is 0 Å². The van der Waals surface area contributed by atoms with Crippen LogP contribution in [-0.2, 0) is 4.74 Å². The van der Waals surface area contributed by atoms with E-state index in [1.54, 1.807) is 0 Å². The Morgan fingerprint density at radius 1 is 0.483 bits per heavy atom. The molecule has 1 heterocycles. The summed E-state index contributed by atoms with van der Waals surface area (Å²) in [6, 6.07) is 42.5. The summed E-state index contributed by atoms with van der Waals surface area (Å²) < 4.78 is 32.5. The average Bonchev–Trinajstić information content (AvgIpc) is 4.20. The number of rotatable bonds is 14. The van der Waals surface area contributed by atoms with Crippen molar-refractivity contribution >= 4 is 43.1 Å². The van der Waals surface area contributed by atoms with Gasteiger partial charge in [0.2, 0.25) is 0 Å². The average molecular weight is 795 g/mol. The van der Waals surface area contributed by atoms with Gasteiger partial charge in [0.05, 0.1) is 13.2 Å². The van der Waals surface area contributed by atoms with E-state index < -0.39 is 6.10 Å². The topological polar surface area (TPSA) is 69.7 Å². The van der Waals surface area contributed by atoms with Crippen LogP contribution in [0, 0.1) is 33.6 Å². The molecule has 1 N–H and O–H groups in total. The predicted molar refractivity (Wildman–Crippen MR) is 243 cm³/mol. The maximum atomic E-state index is 11.8. The maximum Gasteiger partial charge on any atom is 0.130 e. The van der Waals surface area contributed by atoms with Gasteiger partial charge in [-0.05, 0) is 136 Å². The molecule has 8 aromatic carbocycles. The van der Waals surface area contributed by atoms with Gasteiger partial charge in [-0.2, -0.15) is 0 Å². The monoisotopic (exact) mass is 794 g/mol. The van der Waals surface area contributed by atoms with Crippen LogP contribution in [0.3, 0.4) is 0 Å². The fraction of sp³-hybridized carbons (Fsp3) is 0.259. The standard InChI is InChI=1S/C54H50O6/c1-32-23-37-13-5-9-17-43(37)47(51(32)57-27-36-21-22-36)48-44-18-10-6-14-38(44)24-33(2)52(48)58-28-41(55)29-59-53-34(3)25-39-15-7-11-19-45(39)49(53)50-46-20-12-8-16-40(46)26-35(4)54(50)60-31-42-30-56-42/h5-20,23-26,36,41-42,55H,21-22,27-31H2,1-4H3. The van der Waals surface area contributed by atoms with E-state index in [-0.39, 0.29) is 19.3 Å². The molecule has 1 saturated heterocycles. The summed E-state index contributed by atoms with van der Waals surface area (Å²) in [5, 5.41) is 20.6. The SMILES string of the molecule is Cc1cc2ccccc2c(-c2c(OCC3CC3)c(C)cc3ccccc23)c1OCC(O)COc1c(C)cc2ccccc2c1-c1c(OCC2CO2)c(C)cc2ccccc12. The minimum atomic E-state index is -0.945. The molecule has 2 aliphatic rings. The second-order valence-electron chi connectivity index (χ2n) is 16.8. The van der Waals surface area contributed by atoms with E-state index in [0.717, 1.165) is 105 Å². The first-order chi connectivity index (χ1) is 29.3. The number of aliphatic hydroxyl groups excluding tert-OH is 1. The van der Waals surface area contributed by atoms with Crippen molar-refractivity contribution in [2.45, 2.75) is 52.7 Å². The molecule has 2 unspecified atom stereocenters. The lowest BCUT2D eigenvalue weighted by molar-refractivity contribution is 0.0627. The van der Waals surface area contributed by atoms with E-state index in [2.05, 4.69) is 149 Å². The van der Waals surface area contributed by atoms with Gasteiger partial charge in [-0.15, -0.1) is 0 Å². The van der Waals surface area contributed by atoms with E-state index in [1.165, 1.54) is 12.8 Å². The Kier molecular flexibility index (Phi) is 10.1. The van der Waals surface area contributed by atoms with Gasteiger partial charge in [0.15, 0.2) is 0 Å². The van der Waals surface area contributed by atoms with Crippen LogP contribution in [0.15, 0.2) is 121 Å². The van der Waals surface area contributed by atoms with Gasteiger partial charge in [0.1, 0.15) is 55.0 Å². The molecular weight excluding hydrogens is 745 g/mol. The third kappa shape index (κ3) is 7.29. The smallest absolute Gasteiger partial charge is 0.130 e. The third-order valence-electron chi connectivity index (χ3n) is 12.1. The van der Waals surface area contributed by atoms with Gasteiger partial charge in [-0.3, -0.25) is 0 Å². The zero-order chi connectivity index (χ0) is 40.9. The highest BCUT2D eigenvalue weighted by atomic mass is 16.6. The van der Waals surface area contributed by atoms with Crippen LogP contribution in [0.1, 0.15) is 35.1 Å². The highest BCUT2D eigenvalue weighted by Gasteiger charge is 2.29. The number of ether oxygens (including phenoxy) is 5. The number of fused-ring (bicyclic) bond motifs is 4. The molecule has 10 rings (SSSR count). The van der Waals surface area contributed by atoms with Crippen LogP contribution in [0.5, 0.6) is 23.0 Å². The molecule has 6 heteroatoms.